The van der Waals surface area contributed by atoms with Gasteiger partial charge in [0.05, 0.1) is 5.03 Å². The zero-order valence-corrected chi connectivity index (χ0v) is 7.97. The van der Waals surface area contributed by atoms with Gasteiger partial charge in [-0.05, 0) is 18.1 Å². The largest absolute Gasteiger partial charge is 0.366 e. The first-order chi connectivity index (χ1) is 6.15. The van der Waals surface area contributed by atoms with Gasteiger partial charge < -0.3 is 10.5 Å². The molecule has 2 N–H and O–H groups in total. The molecule has 0 aliphatic carbocycles. The minimum absolute atomic E-state index is 0.120. The molecule has 2 atom stereocenters. The zero-order valence-electron chi connectivity index (χ0n) is 7.21. The Labute approximate surface area is 81.2 Å². The van der Waals surface area contributed by atoms with Crippen LogP contribution in [0.15, 0.2) is 22.3 Å². The minimum Gasteiger partial charge on any atom is -0.366 e. The molecule has 2 aliphatic heterocycles. The van der Waals surface area contributed by atoms with E-state index >= 15 is 0 Å². The molecule has 0 radical (unpaired) electrons. The van der Waals surface area contributed by atoms with E-state index in [9.17, 15) is 4.79 Å². The van der Waals surface area contributed by atoms with Gasteiger partial charge in [0.25, 0.3) is 0 Å². The summed E-state index contributed by atoms with van der Waals surface area (Å²) >= 11 is 6.02. The highest BCUT2D eigenvalue weighted by atomic mass is 35.5. The normalized spacial score (nSPS) is 31.1. The predicted molar refractivity (Wildman–Crippen MR) is 49.1 cm³/mol. The highest BCUT2D eigenvalue weighted by molar-refractivity contribution is 6.31. The average Bonchev–Trinajstić information content (AvgIpc) is 2.60. The molecule has 0 aromatic heterocycles. The molecule has 2 heterocycles. The second-order valence-corrected chi connectivity index (χ2v) is 3.56. The van der Waals surface area contributed by atoms with Crippen molar-refractivity contribution in [2.45, 2.75) is 25.6 Å². The molecule has 0 saturated carbocycles. The molecule has 0 spiro atoms. The van der Waals surface area contributed by atoms with Crippen LogP contribution < -0.4 is 5.73 Å². The summed E-state index contributed by atoms with van der Waals surface area (Å²) in [7, 11) is 0. The minimum atomic E-state index is -0.444. The number of amides is 1. The lowest BCUT2D eigenvalue weighted by Crippen LogP contribution is -2.22. The topological polar surface area (TPSA) is 52.3 Å². The van der Waals surface area contributed by atoms with E-state index in [4.69, 9.17) is 22.1 Å². The molecule has 3 nitrogen and oxygen atoms in total. The van der Waals surface area contributed by atoms with E-state index < -0.39 is 5.91 Å². The Bertz CT molecular complexity index is 333. The van der Waals surface area contributed by atoms with Gasteiger partial charge in [0.2, 0.25) is 5.91 Å². The second kappa shape index (κ2) is 2.86. The third-order valence-electron chi connectivity index (χ3n) is 2.44. The molecule has 2 bridgehead atoms. The third-order valence-corrected chi connectivity index (χ3v) is 2.88. The number of carbonyl (C=O) groups is 1. The number of fused-ring (bicyclic) bond motifs is 2. The van der Waals surface area contributed by atoms with Crippen LogP contribution in [0.3, 0.4) is 0 Å². The van der Waals surface area contributed by atoms with Crippen molar-refractivity contribution in [1.82, 2.24) is 0 Å². The molecular weight excluding hydrogens is 190 g/mol. The Balaban J connectivity index is 2.32. The van der Waals surface area contributed by atoms with Crippen LogP contribution in [-0.2, 0) is 9.53 Å². The maximum absolute atomic E-state index is 10.9. The Morgan fingerprint density at radius 1 is 1.77 bits per heavy atom. The molecular formula is C9H10ClNO2. The number of nitrogens with two attached hydrogens (primary N) is 1. The Kier molecular flexibility index (Phi) is 1.93. The van der Waals surface area contributed by atoms with E-state index in [0.29, 0.717) is 10.6 Å². The second-order valence-electron chi connectivity index (χ2n) is 3.15. The lowest BCUT2D eigenvalue weighted by molar-refractivity contribution is -0.115. The maximum Gasteiger partial charge on any atom is 0.247 e. The Morgan fingerprint density at radius 2 is 2.46 bits per heavy atom. The van der Waals surface area contributed by atoms with Crippen LogP contribution in [0.25, 0.3) is 0 Å². The predicted octanol–water partition coefficient (Wildman–Crippen LogP) is 1.08. The fourth-order valence-electron chi connectivity index (χ4n) is 1.77. The van der Waals surface area contributed by atoms with Crippen molar-refractivity contribution in [3.05, 3.63) is 22.3 Å². The summed E-state index contributed by atoms with van der Waals surface area (Å²) in [5.41, 5.74) is 6.72. The first-order valence-electron chi connectivity index (χ1n) is 4.20. The van der Waals surface area contributed by atoms with Crippen molar-refractivity contribution in [3.8, 4) is 0 Å². The quantitative estimate of drug-likeness (QED) is 0.724. The van der Waals surface area contributed by atoms with Gasteiger partial charge in [-0.2, -0.15) is 0 Å². The summed E-state index contributed by atoms with van der Waals surface area (Å²) in [5.74, 6) is -0.444. The van der Waals surface area contributed by atoms with Crippen molar-refractivity contribution in [3.63, 3.8) is 0 Å². The van der Waals surface area contributed by atoms with Gasteiger partial charge in [0.1, 0.15) is 12.2 Å². The molecule has 4 heteroatoms. The number of primary amides is 1. The highest BCUT2D eigenvalue weighted by Gasteiger charge is 2.41. The molecule has 70 valence electrons. The summed E-state index contributed by atoms with van der Waals surface area (Å²) in [6.45, 7) is 2.01. The van der Waals surface area contributed by atoms with Gasteiger partial charge in [-0.3, -0.25) is 4.79 Å². The zero-order chi connectivity index (χ0) is 9.59. The van der Waals surface area contributed by atoms with Crippen LogP contribution in [0.1, 0.15) is 13.3 Å². The molecule has 0 saturated heterocycles. The van der Waals surface area contributed by atoms with E-state index in [1.807, 2.05) is 6.92 Å². The summed E-state index contributed by atoms with van der Waals surface area (Å²) in [6, 6.07) is 0. The maximum atomic E-state index is 10.9. The van der Waals surface area contributed by atoms with Crippen molar-refractivity contribution < 1.29 is 9.53 Å². The first kappa shape index (κ1) is 8.78. The number of halogens is 1. The summed E-state index contributed by atoms with van der Waals surface area (Å²) < 4.78 is 5.46. The van der Waals surface area contributed by atoms with Gasteiger partial charge >= 0.3 is 0 Å². The number of ether oxygens (including phenoxy) is 1. The standard InChI is InChI=1S/C9H10ClNO2/c1-2-4-6-3-5(9(11)12)8(13-6)7(4)10/h3,6,8H,2H2,1H3,(H2,11,12). The highest BCUT2D eigenvalue weighted by Crippen LogP contribution is 2.41. The van der Waals surface area contributed by atoms with Gasteiger partial charge in [-0.15, -0.1) is 0 Å². The third kappa shape index (κ3) is 1.11. The number of carbonyl (C=O) groups excluding carboxylic acids is 1. The summed E-state index contributed by atoms with van der Waals surface area (Å²) in [4.78, 5) is 10.9. The fraction of sp³-hybridized carbons (Fsp3) is 0.444. The average molecular weight is 200 g/mol. The molecule has 0 aromatic carbocycles. The molecule has 2 unspecified atom stereocenters. The Hall–Kier alpha value is -0.800. The molecule has 13 heavy (non-hydrogen) atoms. The lowest BCUT2D eigenvalue weighted by Gasteiger charge is -2.09. The van der Waals surface area contributed by atoms with Crippen LogP contribution >= 0.6 is 11.6 Å². The van der Waals surface area contributed by atoms with Gasteiger partial charge in [-0.1, -0.05) is 18.5 Å². The van der Waals surface area contributed by atoms with Crippen molar-refractivity contribution in [2.75, 3.05) is 0 Å². The van der Waals surface area contributed by atoms with E-state index in [0.717, 1.165) is 12.0 Å². The molecule has 2 aliphatic rings. The van der Waals surface area contributed by atoms with Gasteiger partial charge in [0, 0.05) is 5.57 Å². The SMILES string of the molecule is CCC1=C(Cl)C2OC1C=C2C(N)=O. The van der Waals surface area contributed by atoms with Crippen LogP contribution in [0.5, 0.6) is 0 Å². The molecule has 0 fully saturated rings. The van der Waals surface area contributed by atoms with Crippen molar-refractivity contribution in [2.24, 2.45) is 5.73 Å². The Morgan fingerprint density at radius 3 is 2.92 bits per heavy atom. The number of hydrogen-bond acceptors (Lipinski definition) is 2. The summed E-state index contributed by atoms with van der Waals surface area (Å²) in [6.07, 6.45) is 2.10. The van der Waals surface area contributed by atoms with Crippen LogP contribution in [0, 0.1) is 0 Å². The van der Waals surface area contributed by atoms with Crippen LogP contribution in [0.4, 0.5) is 0 Å². The van der Waals surface area contributed by atoms with E-state index in [1.165, 1.54) is 0 Å². The molecule has 1 amide bonds. The van der Waals surface area contributed by atoms with Gasteiger partial charge in [-0.25, -0.2) is 0 Å². The smallest absolute Gasteiger partial charge is 0.247 e. The molecule has 0 aromatic rings. The first-order valence-corrected chi connectivity index (χ1v) is 4.58. The monoisotopic (exact) mass is 199 g/mol. The van der Waals surface area contributed by atoms with Crippen molar-refractivity contribution >= 4 is 17.5 Å². The fourth-order valence-corrected chi connectivity index (χ4v) is 2.18. The number of hydrogen-bond donors (Lipinski definition) is 1. The lowest BCUT2D eigenvalue weighted by atomic mass is 9.97. The van der Waals surface area contributed by atoms with E-state index in [2.05, 4.69) is 0 Å². The van der Waals surface area contributed by atoms with E-state index in [-0.39, 0.29) is 12.2 Å². The van der Waals surface area contributed by atoms with Crippen LogP contribution in [0.2, 0.25) is 0 Å². The number of rotatable bonds is 2. The molecule has 2 rings (SSSR count). The summed E-state index contributed by atoms with van der Waals surface area (Å²) in [5, 5.41) is 0.642. The van der Waals surface area contributed by atoms with E-state index in [1.54, 1.807) is 6.08 Å². The van der Waals surface area contributed by atoms with Crippen LogP contribution in [-0.4, -0.2) is 18.1 Å². The van der Waals surface area contributed by atoms with Crippen molar-refractivity contribution in [1.29, 1.82) is 0 Å². The van der Waals surface area contributed by atoms with Gasteiger partial charge in [0.15, 0.2) is 0 Å².